The molecular formula is C28H33N3O12. The molecule has 2 rings (SSSR count). The van der Waals surface area contributed by atoms with E-state index in [1.807, 2.05) is 0 Å². The lowest BCUT2D eigenvalue weighted by Gasteiger charge is -2.34. The van der Waals surface area contributed by atoms with Crippen LogP contribution in [0.1, 0.15) is 15.9 Å². The van der Waals surface area contributed by atoms with Gasteiger partial charge in [-0.25, -0.2) is 4.79 Å². The number of hydrogen-bond donors (Lipinski definition) is 5. The van der Waals surface area contributed by atoms with Gasteiger partial charge in [0.15, 0.2) is 0 Å². The van der Waals surface area contributed by atoms with Crippen LogP contribution in [0.4, 0.5) is 0 Å². The molecule has 5 N–H and O–H groups in total. The molecule has 0 aliphatic rings. The highest BCUT2D eigenvalue weighted by molar-refractivity contribution is 5.90. The van der Waals surface area contributed by atoms with Crippen LogP contribution >= 0.6 is 0 Å². The first-order valence-electron chi connectivity index (χ1n) is 13.0. The number of rotatable bonds is 20. The number of ether oxygens (including phenoxy) is 1. The number of aliphatic carboxylic acids is 5. The fourth-order valence-corrected chi connectivity index (χ4v) is 4.28. The van der Waals surface area contributed by atoms with Crippen LogP contribution in [0.5, 0.6) is 5.75 Å². The molecule has 2 aromatic carbocycles. The van der Waals surface area contributed by atoms with Gasteiger partial charge in [-0.3, -0.25) is 38.7 Å². The van der Waals surface area contributed by atoms with Crippen molar-refractivity contribution in [2.24, 2.45) is 0 Å². The fourth-order valence-electron chi connectivity index (χ4n) is 4.28. The summed E-state index contributed by atoms with van der Waals surface area (Å²) in [4.78, 5) is 73.1. The van der Waals surface area contributed by atoms with E-state index < -0.39 is 74.6 Å². The Bertz CT molecular complexity index is 1240. The van der Waals surface area contributed by atoms with E-state index in [9.17, 15) is 44.1 Å². The van der Waals surface area contributed by atoms with Gasteiger partial charge in [0.1, 0.15) is 5.75 Å². The first kappa shape index (κ1) is 34.3. The lowest BCUT2D eigenvalue weighted by molar-refractivity contribution is -0.144. The molecule has 0 radical (unpaired) electrons. The highest BCUT2D eigenvalue weighted by atomic mass is 16.5. The molecule has 0 aliphatic heterocycles. The van der Waals surface area contributed by atoms with Gasteiger partial charge >= 0.3 is 35.8 Å². The van der Waals surface area contributed by atoms with E-state index in [0.29, 0.717) is 11.1 Å². The molecule has 15 nitrogen and oxygen atoms in total. The van der Waals surface area contributed by atoms with Crippen LogP contribution in [0, 0.1) is 0 Å². The number of esters is 1. The molecule has 0 spiro atoms. The Hall–Kier alpha value is -4.86. The zero-order chi connectivity index (χ0) is 31.9. The first-order valence-corrected chi connectivity index (χ1v) is 13.0. The SMILES string of the molecule is O=C(O)CN(CCN(CC(=O)O)CC(Cc1ccc(OC(=O)c2ccccc2)cc1)N(CC(=O)O)CC(=O)O)CC(=O)O. The molecule has 0 aliphatic carbocycles. The number of hydrogen-bond acceptors (Lipinski definition) is 10. The topological polar surface area (TPSA) is 223 Å². The molecule has 1 atom stereocenters. The second kappa shape index (κ2) is 17.2. The second-order valence-corrected chi connectivity index (χ2v) is 9.58. The van der Waals surface area contributed by atoms with Crippen molar-refractivity contribution in [2.45, 2.75) is 12.5 Å². The second-order valence-electron chi connectivity index (χ2n) is 9.58. The van der Waals surface area contributed by atoms with Crippen molar-refractivity contribution < 1.29 is 59.0 Å². The molecule has 0 heterocycles. The Morgan fingerprint density at radius 2 is 1.07 bits per heavy atom. The van der Waals surface area contributed by atoms with Crippen molar-refractivity contribution in [1.29, 1.82) is 0 Å². The van der Waals surface area contributed by atoms with Crippen molar-refractivity contribution in [3.05, 3.63) is 65.7 Å². The van der Waals surface area contributed by atoms with Crippen molar-refractivity contribution in [3.8, 4) is 5.75 Å². The zero-order valence-corrected chi connectivity index (χ0v) is 23.1. The van der Waals surface area contributed by atoms with Gasteiger partial charge in [-0.2, -0.15) is 0 Å². The third-order valence-electron chi connectivity index (χ3n) is 6.09. The van der Waals surface area contributed by atoms with Gasteiger partial charge in [0.05, 0.1) is 38.3 Å². The summed E-state index contributed by atoms with van der Waals surface area (Å²) in [6.45, 7) is -3.52. The van der Waals surface area contributed by atoms with Gasteiger partial charge in [0, 0.05) is 25.7 Å². The van der Waals surface area contributed by atoms with E-state index in [0.717, 1.165) is 9.80 Å². The van der Waals surface area contributed by atoms with Crippen molar-refractivity contribution in [3.63, 3.8) is 0 Å². The zero-order valence-electron chi connectivity index (χ0n) is 23.1. The predicted octanol–water partition coefficient (Wildman–Crippen LogP) is 0.146. The van der Waals surface area contributed by atoms with Gasteiger partial charge in [-0.15, -0.1) is 0 Å². The minimum absolute atomic E-state index is 0.0670. The van der Waals surface area contributed by atoms with E-state index >= 15 is 0 Å². The smallest absolute Gasteiger partial charge is 0.343 e. The highest BCUT2D eigenvalue weighted by Crippen LogP contribution is 2.18. The molecule has 0 aromatic heterocycles. The van der Waals surface area contributed by atoms with E-state index in [1.165, 1.54) is 17.0 Å². The molecule has 2 aromatic rings. The summed E-state index contributed by atoms with van der Waals surface area (Å²) in [5.41, 5.74) is 0.937. The lowest BCUT2D eigenvalue weighted by Crippen LogP contribution is -2.51. The highest BCUT2D eigenvalue weighted by Gasteiger charge is 2.27. The van der Waals surface area contributed by atoms with E-state index in [-0.39, 0.29) is 31.8 Å². The average Bonchev–Trinajstić information content (AvgIpc) is 2.91. The molecule has 1 unspecified atom stereocenters. The van der Waals surface area contributed by atoms with Gasteiger partial charge < -0.3 is 30.3 Å². The number of nitrogens with zero attached hydrogens (tertiary/aromatic N) is 3. The summed E-state index contributed by atoms with van der Waals surface area (Å²) in [7, 11) is 0. The molecule has 0 fully saturated rings. The van der Waals surface area contributed by atoms with Crippen LogP contribution in [-0.4, -0.2) is 134 Å². The van der Waals surface area contributed by atoms with Gasteiger partial charge in [-0.05, 0) is 36.2 Å². The van der Waals surface area contributed by atoms with E-state index in [2.05, 4.69) is 0 Å². The summed E-state index contributed by atoms with van der Waals surface area (Å²) in [5, 5.41) is 46.5. The summed E-state index contributed by atoms with van der Waals surface area (Å²) < 4.78 is 5.36. The van der Waals surface area contributed by atoms with Crippen LogP contribution in [0.15, 0.2) is 54.6 Å². The van der Waals surface area contributed by atoms with Crippen LogP contribution in [-0.2, 0) is 30.4 Å². The van der Waals surface area contributed by atoms with Crippen molar-refractivity contribution in [1.82, 2.24) is 14.7 Å². The minimum atomic E-state index is -1.31. The van der Waals surface area contributed by atoms with Crippen LogP contribution in [0.25, 0.3) is 0 Å². The van der Waals surface area contributed by atoms with Gasteiger partial charge in [0.2, 0.25) is 0 Å². The quantitative estimate of drug-likeness (QED) is 0.100. The maximum atomic E-state index is 12.3. The Morgan fingerprint density at radius 1 is 0.605 bits per heavy atom. The molecule has 0 bridgehead atoms. The molecule has 43 heavy (non-hydrogen) atoms. The number of carbonyl (C=O) groups excluding carboxylic acids is 1. The molecule has 232 valence electrons. The van der Waals surface area contributed by atoms with E-state index in [1.54, 1.807) is 42.5 Å². The number of carboxylic acid groups (broad SMARTS) is 5. The molecule has 15 heteroatoms. The van der Waals surface area contributed by atoms with Gasteiger partial charge in [0.25, 0.3) is 0 Å². The average molecular weight is 604 g/mol. The van der Waals surface area contributed by atoms with Crippen LogP contribution < -0.4 is 4.74 Å². The third-order valence-corrected chi connectivity index (χ3v) is 6.09. The maximum Gasteiger partial charge on any atom is 0.343 e. The predicted molar refractivity (Wildman–Crippen MR) is 148 cm³/mol. The van der Waals surface area contributed by atoms with Crippen molar-refractivity contribution in [2.75, 3.05) is 52.4 Å². The van der Waals surface area contributed by atoms with E-state index in [4.69, 9.17) is 14.9 Å². The Morgan fingerprint density at radius 3 is 1.56 bits per heavy atom. The normalized spacial score (nSPS) is 11.8. The summed E-state index contributed by atoms with van der Waals surface area (Å²) in [6, 6.07) is 13.7. The number of carbonyl (C=O) groups is 6. The Labute approximate surface area is 246 Å². The summed E-state index contributed by atoms with van der Waals surface area (Å²) in [5.74, 6) is -6.79. The number of carboxylic acids is 5. The van der Waals surface area contributed by atoms with Gasteiger partial charge in [-0.1, -0.05) is 30.3 Å². The Balaban J connectivity index is 2.28. The molecule has 0 saturated carbocycles. The molecule has 0 amide bonds. The van der Waals surface area contributed by atoms with Crippen LogP contribution in [0.3, 0.4) is 0 Å². The monoisotopic (exact) mass is 603 g/mol. The summed E-state index contributed by atoms with van der Waals surface area (Å²) in [6.07, 6.45) is 0.0670. The minimum Gasteiger partial charge on any atom is -0.480 e. The fraction of sp³-hybridized carbons (Fsp3) is 0.357. The van der Waals surface area contributed by atoms with Crippen molar-refractivity contribution >= 4 is 35.8 Å². The molecule has 0 saturated heterocycles. The van der Waals surface area contributed by atoms with Crippen LogP contribution in [0.2, 0.25) is 0 Å². The molecular weight excluding hydrogens is 570 g/mol. The maximum absolute atomic E-state index is 12.3. The standard InChI is InChI=1S/C28H33N3O12/c32-23(33)14-29(10-11-30(15-24(34)35)16-25(36)37)13-21(31(17-26(38)39)18-27(40)41)12-19-6-8-22(9-7-19)43-28(42)20-4-2-1-3-5-20/h1-9,21H,10-18H2,(H,32,33)(H,34,35)(H,36,37)(H,38,39)(H,40,41). The number of benzene rings is 2. The lowest BCUT2D eigenvalue weighted by atomic mass is 10.0. The first-order chi connectivity index (χ1) is 20.3. The third kappa shape index (κ3) is 13.6. The Kier molecular flexibility index (Phi) is 13.7. The largest absolute Gasteiger partial charge is 0.480 e. The summed E-state index contributed by atoms with van der Waals surface area (Å²) >= 11 is 0.